The summed E-state index contributed by atoms with van der Waals surface area (Å²) >= 11 is 0. The number of nitrogens with two attached hydrogens (primary N) is 1. The Hall–Kier alpha value is -2.41. The molecule has 0 aliphatic heterocycles. The number of nitriles is 1. The zero-order chi connectivity index (χ0) is 10.8. The average molecular weight is 197 g/mol. The van der Waals surface area contributed by atoms with Gasteiger partial charge in [0.25, 0.3) is 5.91 Å². The molecule has 0 radical (unpaired) electrons. The van der Waals surface area contributed by atoms with Crippen LogP contribution in [0.4, 0.5) is 0 Å². The van der Waals surface area contributed by atoms with E-state index in [2.05, 4.69) is 4.98 Å². The number of carbonyl (C=O) groups is 1. The second-order valence-electron chi connectivity index (χ2n) is 3.05. The van der Waals surface area contributed by atoms with Crippen molar-refractivity contribution in [2.45, 2.75) is 0 Å². The molecule has 4 heteroatoms. The third-order valence-electron chi connectivity index (χ3n) is 2.10. The lowest BCUT2D eigenvalue weighted by atomic mass is 10.1. The summed E-state index contributed by atoms with van der Waals surface area (Å²) in [5, 5.41) is 10.4. The number of aromatic nitrogens is 1. The fourth-order valence-corrected chi connectivity index (χ4v) is 1.41. The first-order valence-electron chi connectivity index (χ1n) is 4.32. The van der Waals surface area contributed by atoms with Gasteiger partial charge in [-0.15, -0.1) is 0 Å². The Morgan fingerprint density at radius 1 is 1.40 bits per heavy atom. The van der Waals surface area contributed by atoms with Crippen LogP contribution in [0.25, 0.3) is 10.8 Å². The second kappa shape index (κ2) is 3.39. The predicted molar refractivity (Wildman–Crippen MR) is 55.0 cm³/mol. The van der Waals surface area contributed by atoms with Crippen molar-refractivity contribution in [3.8, 4) is 6.07 Å². The average Bonchev–Trinajstić information content (AvgIpc) is 2.27. The number of amides is 1. The highest BCUT2D eigenvalue weighted by atomic mass is 16.1. The molecule has 1 aromatic heterocycles. The van der Waals surface area contributed by atoms with Gasteiger partial charge in [0.15, 0.2) is 0 Å². The monoisotopic (exact) mass is 197 g/mol. The van der Waals surface area contributed by atoms with Gasteiger partial charge in [0.2, 0.25) is 0 Å². The Labute approximate surface area is 86.0 Å². The molecule has 2 aromatic rings. The molecule has 0 saturated carbocycles. The van der Waals surface area contributed by atoms with Gasteiger partial charge in [0, 0.05) is 5.39 Å². The number of primary amides is 1. The number of carbonyl (C=O) groups excluding carboxylic acids is 1. The van der Waals surface area contributed by atoms with E-state index in [-0.39, 0.29) is 11.4 Å². The molecule has 1 heterocycles. The van der Waals surface area contributed by atoms with Gasteiger partial charge in [-0.2, -0.15) is 5.26 Å². The van der Waals surface area contributed by atoms with Crippen LogP contribution in [0.1, 0.15) is 16.2 Å². The van der Waals surface area contributed by atoms with Crippen molar-refractivity contribution in [3.05, 3.63) is 41.7 Å². The minimum Gasteiger partial charge on any atom is -0.364 e. The molecule has 0 unspecified atom stereocenters. The van der Waals surface area contributed by atoms with E-state index in [4.69, 9.17) is 11.0 Å². The van der Waals surface area contributed by atoms with Crippen molar-refractivity contribution < 1.29 is 4.79 Å². The molecule has 0 saturated heterocycles. The van der Waals surface area contributed by atoms with Crippen molar-refractivity contribution in [1.29, 1.82) is 5.26 Å². The third-order valence-corrected chi connectivity index (χ3v) is 2.10. The number of rotatable bonds is 1. The summed E-state index contributed by atoms with van der Waals surface area (Å²) in [7, 11) is 0. The Balaban J connectivity index is 2.84. The topological polar surface area (TPSA) is 79.8 Å². The number of nitrogens with zero attached hydrogens (tertiary/aromatic N) is 2. The highest BCUT2D eigenvalue weighted by Gasteiger charge is 2.08. The minimum absolute atomic E-state index is 0.116. The maximum Gasteiger partial charge on any atom is 0.267 e. The number of hydrogen-bond donors (Lipinski definition) is 1. The molecule has 2 N–H and O–H groups in total. The normalized spacial score (nSPS) is 9.80. The summed E-state index contributed by atoms with van der Waals surface area (Å²) in [6.45, 7) is 0. The van der Waals surface area contributed by atoms with Gasteiger partial charge in [0.05, 0.1) is 0 Å². The molecule has 0 aliphatic carbocycles. The summed E-state index contributed by atoms with van der Waals surface area (Å²) in [5.41, 5.74) is 5.46. The molecule has 72 valence electrons. The first-order valence-corrected chi connectivity index (χ1v) is 4.32. The molecule has 15 heavy (non-hydrogen) atoms. The zero-order valence-electron chi connectivity index (χ0n) is 7.77. The van der Waals surface area contributed by atoms with Crippen molar-refractivity contribution in [1.82, 2.24) is 4.98 Å². The molecule has 1 amide bonds. The van der Waals surface area contributed by atoms with E-state index in [1.807, 2.05) is 24.3 Å². The second-order valence-corrected chi connectivity index (χ2v) is 3.05. The minimum atomic E-state index is -0.628. The molecule has 0 aliphatic rings. The largest absolute Gasteiger partial charge is 0.364 e. The predicted octanol–water partition coefficient (Wildman–Crippen LogP) is 1.21. The van der Waals surface area contributed by atoms with Gasteiger partial charge in [-0.1, -0.05) is 24.3 Å². The van der Waals surface area contributed by atoms with E-state index in [1.54, 1.807) is 12.1 Å². The highest BCUT2D eigenvalue weighted by Crippen LogP contribution is 2.17. The molecular formula is C11H7N3O. The smallest absolute Gasteiger partial charge is 0.267 e. The summed E-state index contributed by atoms with van der Waals surface area (Å²) in [4.78, 5) is 14.8. The quantitative estimate of drug-likeness (QED) is 0.746. The highest BCUT2D eigenvalue weighted by molar-refractivity contribution is 5.96. The molecule has 2 rings (SSSR count). The molecule has 1 aromatic carbocycles. The number of fused-ring (bicyclic) bond motifs is 1. The molecular weight excluding hydrogens is 190 g/mol. The summed E-state index contributed by atoms with van der Waals surface area (Å²) < 4.78 is 0. The lowest BCUT2D eigenvalue weighted by molar-refractivity contribution is 0.0995. The first kappa shape index (κ1) is 9.16. The van der Waals surface area contributed by atoms with Crippen LogP contribution in [0.5, 0.6) is 0 Å². The van der Waals surface area contributed by atoms with E-state index in [0.717, 1.165) is 10.8 Å². The summed E-state index contributed by atoms with van der Waals surface area (Å²) in [6.07, 6.45) is 0. The maximum atomic E-state index is 11.0. The zero-order valence-corrected chi connectivity index (χ0v) is 7.77. The van der Waals surface area contributed by atoms with Gasteiger partial charge in [-0.25, -0.2) is 4.98 Å². The fraction of sp³-hybridized carbons (Fsp3) is 0. The summed E-state index contributed by atoms with van der Waals surface area (Å²) in [6, 6.07) is 10.8. The van der Waals surface area contributed by atoms with E-state index in [9.17, 15) is 4.79 Å². The van der Waals surface area contributed by atoms with Gasteiger partial charge in [0.1, 0.15) is 17.5 Å². The van der Waals surface area contributed by atoms with Crippen molar-refractivity contribution >= 4 is 16.7 Å². The van der Waals surface area contributed by atoms with E-state index < -0.39 is 5.91 Å². The van der Waals surface area contributed by atoms with Gasteiger partial charge in [-0.3, -0.25) is 4.79 Å². The van der Waals surface area contributed by atoms with Crippen LogP contribution in [0.15, 0.2) is 30.3 Å². The van der Waals surface area contributed by atoms with E-state index >= 15 is 0 Å². The SMILES string of the molecule is N#Cc1nc(C(N)=O)cc2ccccc12. The van der Waals surface area contributed by atoms with Gasteiger partial charge in [-0.05, 0) is 11.5 Å². The standard InChI is InChI=1S/C11H7N3O/c12-6-10-8-4-2-1-3-7(8)5-9(14-10)11(13)15/h1-5H,(H2,13,15). The molecule has 0 atom stereocenters. The molecule has 0 bridgehead atoms. The van der Waals surface area contributed by atoms with Crippen LogP contribution in [-0.2, 0) is 0 Å². The van der Waals surface area contributed by atoms with Crippen LogP contribution < -0.4 is 5.73 Å². The number of pyridine rings is 1. The lowest BCUT2D eigenvalue weighted by Gasteiger charge is -2.01. The van der Waals surface area contributed by atoms with Crippen LogP contribution in [0.3, 0.4) is 0 Å². The number of benzene rings is 1. The fourth-order valence-electron chi connectivity index (χ4n) is 1.41. The van der Waals surface area contributed by atoms with E-state index in [0.29, 0.717) is 0 Å². The van der Waals surface area contributed by atoms with Crippen LogP contribution in [-0.4, -0.2) is 10.9 Å². The molecule has 0 fully saturated rings. The molecule has 0 spiro atoms. The van der Waals surface area contributed by atoms with Gasteiger partial charge < -0.3 is 5.73 Å². The van der Waals surface area contributed by atoms with Crippen LogP contribution in [0.2, 0.25) is 0 Å². The van der Waals surface area contributed by atoms with Gasteiger partial charge >= 0.3 is 0 Å². The first-order chi connectivity index (χ1) is 7.22. The third kappa shape index (κ3) is 1.51. The summed E-state index contributed by atoms with van der Waals surface area (Å²) in [5.74, 6) is -0.628. The Bertz CT molecular complexity index is 584. The Morgan fingerprint density at radius 3 is 2.80 bits per heavy atom. The van der Waals surface area contributed by atoms with Crippen molar-refractivity contribution in [2.75, 3.05) is 0 Å². The Morgan fingerprint density at radius 2 is 2.13 bits per heavy atom. The number of hydrogen-bond acceptors (Lipinski definition) is 3. The Kier molecular flexibility index (Phi) is 2.07. The van der Waals surface area contributed by atoms with Crippen molar-refractivity contribution in [3.63, 3.8) is 0 Å². The van der Waals surface area contributed by atoms with E-state index in [1.165, 1.54) is 0 Å². The maximum absolute atomic E-state index is 11.0. The molecule has 4 nitrogen and oxygen atoms in total. The van der Waals surface area contributed by atoms with Crippen molar-refractivity contribution in [2.24, 2.45) is 5.73 Å². The lowest BCUT2D eigenvalue weighted by Crippen LogP contribution is -2.13. The van der Waals surface area contributed by atoms with Crippen LogP contribution in [0, 0.1) is 11.3 Å². The van der Waals surface area contributed by atoms with Crippen LogP contribution >= 0.6 is 0 Å².